The number of hydrogen-bond acceptors (Lipinski definition) is 6. The molecule has 6 nitrogen and oxygen atoms in total. The number of nitrogens with one attached hydrogen (secondary N) is 2. The summed E-state index contributed by atoms with van der Waals surface area (Å²) in [6.07, 6.45) is 5.62. The van der Waals surface area contributed by atoms with Crippen molar-refractivity contribution in [3.05, 3.63) is 59.7 Å². The summed E-state index contributed by atoms with van der Waals surface area (Å²) in [6.45, 7) is 5.20. The minimum absolute atomic E-state index is 0.125. The fourth-order valence-electron chi connectivity index (χ4n) is 3.88. The van der Waals surface area contributed by atoms with Gasteiger partial charge >= 0.3 is 0 Å². The largest absolute Gasteiger partial charge is 0.330 e. The van der Waals surface area contributed by atoms with E-state index in [0.717, 1.165) is 77.8 Å². The third-order valence-electron chi connectivity index (χ3n) is 5.65. The highest BCUT2D eigenvalue weighted by molar-refractivity contribution is 5.65. The third kappa shape index (κ3) is 10.7. The van der Waals surface area contributed by atoms with Gasteiger partial charge in [0.1, 0.15) is 0 Å². The molecule has 32 heavy (non-hydrogen) atoms. The molecule has 10 N–H and O–H groups in total. The number of hydrogen-bond donors (Lipinski definition) is 6. The van der Waals surface area contributed by atoms with Crippen molar-refractivity contribution in [2.45, 2.75) is 50.6 Å². The van der Waals surface area contributed by atoms with Gasteiger partial charge in [0, 0.05) is 12.1 Å². The quantitative estimate of drug-likeness (QED) is 0.208. The second kappa shape index (κ2) is 15.9. The summed E-state index contributed by atoms with van der Waals surface area (Å²) in [7, 11) is 0. The summed E-state index contributed by atoms with van der Waals surface area (Å²) in [6, 6.07) is 17.6. The average molecular weight is 441 g/mol. The van der Waals surface area contributed by atoms with E-state index in [1.165, 1.54) is 22.3 Å². The summed E-state index contributed by atoms with van der Waals surface area (Å²) in [5.41, 5.74) is 29.0. The molecule has 0 amide bonds. The Labute approximate surface area is 194 Å². The van der Waals surface area contributed by atoms with E-state index in [-0.39, 0.29) is 12.1 Å². The molecule has 0 aliphatic rings. The minimum atomic E-state index is 0.125. The fourth-order valence-corrected chi connectivity index (χ4v) is 3.88. The molecule has 0 spiro atoms. The SMILES string of the molecule is NCCCNCCC(N)Cc1cc(CC(N)CCNCCCN)cc(-c2ccccc2)c1. The molecule has 0 aliphatic carbocycles. The molecule has 2 atom stereocenters. The highest BCUT2D eigenvalue weighted by Gasteiger charge is 2.11. The normalized spacial score (nSPS) is 13.2. The van der Waals surface area contributed by atoms with Crippen LogP contribution in [0.5, 0.6) is 0 Å². The topological polar surface area (TPSA) is 128 Å². The van der Waals surface area contributed by atoms with Crippen LogP contribution >= 0.6 is 0 Å². The molecule has 0 bridgehead atoms. The van der Waals surface area contributed by atoms with Crippen LogP contribution in [0.2, 0.25) is 0 Å². The maximum absolute atomic E-state index is 6.46. The van der Waals surface area contributed by atoms with Crippen molar-refractivity contribution in [1.29, 1.82) is 0 Å². The predicted molar refractivity (Wildman–Crippen MR) is 138 cm³/mol. The minimum Gasteiger partial charge on any atom is -0.330 e. The molecule has 0 saturated carbocycles. The standard InChI is InChI=1S/C26H44N6/c27-10-4-12-31-14-8-25(29)19-21-16-22(20-26(30)9-15-32-13-5-11-28)18-24(17-21)23-6-2-1-3-7-23/h1-3,6-7,16-18,25-26,31-32H,4-5,8-15,19-20,27-30H2. The molecule has 2 unspecified atom stereocenters. The zero-order valence-electron chi connectivity index (χ0n) is 19.6. The summed E-state index contributed by atoms with van der Waals surface area (Å²) in [4.78, 5) is 0. The van der Waals surface area contributed by atoms with E-state index in [1.807, 2.05) is 0 Å². The van der Waals surface area contributed by atoms with Gasteiger partial charge in [0.25, 0.3) is 0 Å². The van der Waals surface area contributed by atoms with Gasteiger partial charge in [0.15, 0.2) is 0 Å². The van der Waals surface area contributed by atoms with E-state index in [9.17, 15) is 0 Å². The van der Waals surface area contributed by atoms with Gasteiger partial charge in [-0.05, 0) is 100 Å². The second-order valence-corrected chi connectivity index (χ2v) is 8.69. The third-order valence-corrected chi connectivity index (χ3v) is 5.65. The Morgan fingerprint density at radius 3 is 1.59 bits per heavy atom. The molecule has 2 rings (SSSR count). The first-order valence-electron chi connectivity index (χ1n) is 12.1. The summed E-state index contributed by atoms with van der Waals surface area (Å²) >= 11 is 0. The Morgan fingerprint density at radius 1 is 0.625 bits per heavy atom. The van der Waals surface area contributed by atoms with Gasteiger partial charge in [0.2, 0.25) is 0 Å². The first-order valence-corrected chi connectivity index (χ1v) is 12.1. The van der Waals surface area contributed by atoms with E-state index >= 15 is 0 Å². The smallest absolute Gasteiger partial charge is 0.00914 e. The van der Waals surface area contributed by atoms with E-state index in [1.54, 1.807) is 0 Å². The maximum Gasteiger partial charge on any atom is 0.00914 e. The Balaban J connectivity index is 2.00. The van der Waals surface area contributed by atoms with Crippen LogP contribution in [0.4, 0.5) is 0 Å². The van der Waals surface area contributed by atoms with Gasteiger partial charge < -0.3 is 33.6 Å². The molecular weight excluding hydrogens is 396 g/mol. The molecule has 0 saturated heterocycles. The van der Waals surface area contributed by atoms with Crippen molar-refractivity contribution in [2.75, 3.05) is 39.3 Å². The Morgan fingerprint density at radius 2 is 1.12 bits per heavy atom. The van der Waals surface area contributed by atoms with Crippen LogP contribution in [-0.4, -0.2) is 51.4 Å². The van der Waals surface area contributed by atoms with Crippen LogP contribution in [0, 0.1) is 0 Å². The number of benzene rings is 2. The van der Waals surface area contributed by atoms with Gasteiger partial charge in [0.05, 0.1) is 0 Å². The summed E-state index contributed by atoms with van der Waals surface area (Å²) < 4.78 is 0. The molecule has 0 aliphatic heterocycles. The van der Waals surface area contributed by atoms with Gasteiger partial charge in [-0.15, -0.1) is 0 Å². The molecule has 2 aromatic carbocycles. The van der Waals surface area contributed by atoms with Crippen molar-refractivity contribution in [2.24, 2.45) is 22.9 Å². The lowest BCUT2D eigenvalue weighted by Crippen LogP contribution is -2.30. The van der Waals surface area contributed by atoms with E-state index < -0.39 is 0 Å². The summed E-state index contributed by atoms with van der Waals surface area (Å²) in [5.74, 6) is 0. The van der Waals surface area contributed by atoms with Gasteiger partial charge in [-0.3, -0.25) is 0 Å². The van der Waals surface area contributed by atoms with Crippen LogP contribution < -0.4 is 33.6 Å². The van der Waals surface area contributed by atoms with Crippen molar-refractivity contribution in [3.63, 3.8) is 0 Å². The summed E-state index contributed by atoms with van der Waals surface area (Å²) in [5, 5.41) is 6.84. The second-order valence-electron chi connectivity index (χ2n) is 8.69. The van der Waals surface area contributed by atoms with Gasteiger partial charge in [-0.1, -0.05) is 48.5 Å². The van der Waals surface area contributed by atoms with Gasteiger partial charge in [-0.25, -0.2) is 0 Å². The molecule has 2 aromatic rings. The van der Waals surface area contributed by atoms with Crippen LogP contribution in [0.25, 0.3) is 11.1 Å². The molecular formula is C26H44N6. The predicted octanol–water partition coefficient (Wildman–Crippen LogP) is 1.75. The van der Waals surface area contributed by atoms with Crippen LogP contribution in [0.3, 0.4) is 0 Å². The lowest BCUT2D eigenvalue weighted by Gasteiger charge is -2.17. The average Bonchev–Trinajstić information content (AvgIpc) is 2.79. The highest BCUT2D eigenvalue weighted by atomic mass is 14.9. The number of rotatable bonds is 17. The molecule has 6 heteroatoms. The molecule has 0 radical (unpaired) electrons. The van der Waals surface area contributed by atoms with Crippen molar-refractivity contribution in [1.82, 2.24) is 10.6 Å². The van der Waals surface area contributed by atoms with Crippen LogP contribution in [0.1, 0.15) is 36.8 Å². The zero-order valence-corrected chi connectivity index (χ0v) is 19.6. The Kier molecular flexibility index (Phi) is 13.2. The zero-order chi connectivity index (χ0) is 23.0. The number of nitrogens with two attached hydrogens (primary N) is 4. The first kappa shape index (κ1) is 26.5. The first-order chi connectivity index (χ1) is 15.6. The molecule has 0 fully saturated rings. The van der Waals surface area contributed by atoms with E-state index in [0.29, 0.717) is 0 Å². The highest BCUT2D eigenvalue weighted by Crippen LogP contribution is 2.24. The van der Waals surface area contributed by atoms with E-state index in [4.69, 9.17) is 22.9 Å². The molecule has 178 valence electrons. The van der Waals surface area contributed by atoms with Crippen LogP contribution in [0.15, 0.2) is 48.5 Å². The van der Waals surface area contributed by atoms with Gasteiger partial charge in [-0.2, -0.15) is 0 Å². The van der Waals surface area contributed by atoms with E-state index in [2.05, 4.69) is 59.2 Å². The molecule has 0 heterocycles. The Bertz CT molecular complexity index is 696. The lowest BCUT2D eigenvalue weighted by atomic mass is 9.93. The van der Waals surface area contributed by atoms with Crippen molar-refractivity contribution >= 4 is 0 Å². The maximum atomic E-state index is 6.46. The Hall–Kier alpha value is -1.80. The lowest BCUT2D eigenvalue weighted by molar-refractivity contribution is 0.549. The molecule has 0 aromatic heterocycles. The monoisotopic (exact) mass is 440 g/mol. The van der Waals surface area contributed by atoms with Crippen molar-refractivity contribution in [3.8, 4) is 11.1 Å². The van der Waals surface area contributed by atoms with Crippen molar-refractivity contribution < 1.29 is 0 Å². The van der Waals surface area contributed by atoms with Crippen LogP contribution in [-0.2, 0) is 12.8 Å². The fraction of sp³-hybridized carbons (Fsp3) is 0.538.